The summed E-state index contributed by atoms with van der Waals surface area (Å²) in [5.41, 5.74) is 4.75. The Balaban J connectivity index is 1.22. The number of fused-ring (bicyclic) bond motifs is 1. The molecule has 0 fully saturated rings. The molecule has 2 aromatic heterocycles. The maximum atomic E-state index is 12.4. The summed E-state index contributed by atoms with van der Waals surface area (Å²) >= 11 is 0. The molecule has 28 heavy (non-hydrogen) atoms. The van der Waals surface area contributed by atoms with E-state index in [1.165, 1.54) is 11.1 Å². The Morgan fingerprint density at radius 1 is 1.07 bits per heavy atom. The Bertz CT molecular complexity index is 911. The summed E-state index contributed by atoms with van der Waals surface area (Å²) in [4.78, 5) is 16.6. The van der Waals surface area contributed by atoms with Gasteiger partial charge in [0.15, 0.2) is 5.78 Å². The number of benzene rings is 1. The topological polar surface area (TPSA) is 78.9 Å². The second-order valence-electron chi connectivity index (χ2n) is 7.62. The van der Waals surface area contributed by atoms with Gasteiger partial charge in [-0.15, -0.1) is 0 Å². The zero-order valence-electron chi connectivity index (χ0n) is 15.8. The molecule has 5 heteroatoms. The number of aromatic amines is 1. The number of aliphatic hydroxyl groups excluding tert-OH is 1. The van der Waals surface area contributed by atoms with Crippen molar-refractivity contribution in [2.45, 2.75) is 44.6 Å². The molecule has 1 aromatic carbocycles. The average molecular weight is 375 g/mol. The molecule has 3 aromatic rings. The fourth-order valence-electron chi connectivity index (χ4n) is 3.97. The first kappa shape index (κ1) is 18.6. The van der Waals surface area contributed by atoms with Crippen LogP contribution in [0.1, 0.15) is 47.3 Å². The molecule has 1 unspecified atom stereocenters. The van der Waals surface area contributed by atoms with Gasteiger partial charge in [0.2, 0.25) is 0 Å². The fraction of sp³-hybridized carbons (Fsp3) is 0.348. The van der Waals surface area contributed by atoms with E-state index in [9.17, 15) is 9.90 Å². The molecule has 1 aliphatic rings. The Morgan fingerprint density at radius 2 is 1.82 bits per heavy atom. The van der Waals surface area contributed by atoms with E-state index in [2.05, 4.69) is 39.4 Å². The zero-order valence-corrected chi connectivity index (χ0v) is 15.8. The Hall–Kier alpha value is -2.79. The molecule has 5 nitrogen and oxygen atoms in total. The van der Waals surface area contributed by atoms with Crippen molar-refractivity contribution in [3.8, 4) is 11.4 Å². The lowest BCUT2D eigenvalue weighted by Crippen LogP contribution is -2.12. The van der Waals surface area contributed by atoms with Crippen molar-refractivity contribution in [1.82, 2.24) is 15.2 Å². The van der Waals surface area contributed by atoms with E-state index in [1.54, 1.807) is 12.3 Å². The Kier molecular flexibility index (Phi) is 5.63. The van der Waals surface area contributed by atoms with Crippen LogP contribution >= 0.6 is 0 Å². The summed E-state index contributed by atoms with van der Waals surface area (Å²) in [6.07, 6.45) is 6.01. The van der Waals surface area contributed by atoms with Crippen LogP contribution in [0.5, 0.6) is 0 Å². The van der Waals surface area contributed by atoms with Crippen LogP contribution in [0.15, 0.2) is 54.7 Å². The minimum atomic E-state index is -0.439. The monoisotopic (exact) mass is 375 g/mol. The highest BCUT2D eigenvalue weighted by Crippen LogP contribution is 2.30. The van der Waals surface area contributed by atoms with Crippen molar-refractivity contribution in [3.63, 3.8) is 0 Å². The van der Waals surface area contributed by atoms with E-state index in [0.29, 0.717) is 30.1 Å². The van der Waals surface area contributed by atoms with Gasteiger partial charge in [0.1, 0.15) is 11.4 Å². The SMILES string of the molecule is O=C(CCC(O)CCC1Cc2ccccc2C1)c1cc(-c2ccccn2)n[nH]1. The summed E-state index contributed by atoms with van der Waals surface area (Å²) in [6, 6.07) is 15.9. The van der Waals surface area contributed by atoms with Crippen molar-refractivity contribution in [3.05, 3.63) is 71.5 Å². The molecule has 4 rings (SSSR count). The van der Waals surface area contributed by atoms with Gasteiger partial charge in [-0.25, -0.2) is 0 Å². The molecule has 0 bridgehead atoms. The van der Waals surface area contributed by atoms with E-state index in [-0.39, 0.29) is 5.78 Å². The maximum Gasteiger partial charge on any atom is 0.180 e. The highest BCUT2D eigenvalue weighted by Gasteiger charge is 2.22. The number of aliphatic hydroxyl groups is 1. The van der Waals surface area contributed by atoms with Crippen LogP contribution in [0.3, 0.4) is 0 Å². The number of carbonyl (C=O) groups is 1. The number of pyridine rings is 1. The summed E-state index contributed by atoms with van der Waals surface area (Å²) in [5, 5.41) is 17.3. The molecular weight excluding hydrogens is 350 g/mol. The van der Waals surface area contributed by atoms with E-state index in [0.717, 1.165) is 31.4 Å². The Morgan fingerprint density at radius 3 is 2.54 bits per heavy atom. The van der Waals surface area contributed by atoms with Crippen LogP contribution in [0.2, 0.25) is 0 Å². The smallest absolute Gasteiger partial charge is 0.180 e. The average Bonchev–Trinajstić information content (AvgIpc) is 3.38. The molecule has 144 valence electrons. The number of nitrogens with zero attached hydrogens (tertiary/aromatic N) is 2. The van der Waals surface area contributed by atoms with Crippen molar-refractivity contribution in [1.29, 1.82) is 0 Å². The molecule has 0 amide bonds. The summed E-state index contributed by atoms with van der Waals surface area (Å²) in [6.45, 7) is 0. The molecule has 0 radical (unpaired) electrons. The molecular formula is C23H25N3O2. The van der Waals surface area contributed by atoms with Gasteiger partial charge < -0.3 is 5.11 Å². The fourth-order valence-corrected chi connectivity index (χ4v) is 3.97. The van der Waals surface area contributed by atoms with Gasteiger partial charge in [0.25, 0.3) is 0 Å². The number of carbonyl (C=O) groups excluding carboxylic acids is 1. The van der Waals surface area contributed by atoms with Crippen LogP contribution in [-0.4, -0.2) is 32.2 Å². The predicted octanol–water partition coefficient (Wildman–Crippen LogP) is 3.99. The third-order valence-electron chi connectivity index (χ3n) is 5.55. The number of rotatable bonds is 8. The Labute approximate surface area is 164 Å². The van der Waals surface area contributed by atoms with Crippen LogP contribution in [0.25, 0.3) is 11.4 Å². The second-order valence-corrected chi connectivity index (χ2v) is 7.62. The number of hydrogen-bond acceptors (Lipinski definition) is 4. The van der Waals surface area contributed by atoms with Gasteiger partial charge in [-0.3, -0.25) is 14.9 Å². The lowest BCUT2D eigenvalue weighted by molar-refractivity contribution is 0.0922. The summed E-state index contributed by atoms with van der Waals surface area (Å²) in [7, 11) is 0. The largest absolute Gasteiger partial charge is 0.393 e. The molecule has 1 atom stereocenters. The maximum absolute atomic E-state index is 12.4. The van der Waals surface area contributed by atoms with Crippen molar-refractivity contribution in [2.24, 2.45) is 5.92 Å². The van der Waals surface area contributed by atoms with E-state index >= 15 is 0 Å². The highest BCUT2D eigenvalue weighted by atomic mass is 16.3. The van der Waals surface area contributed by atoms with Crippen molar-refractivity contribution in [2.75, 3.05) is 0 Å². The van der Waals surface area contributed by atoms with Crippen LogP contribution in [0.4, 0.5) is 0 Å². The second kappa shape index (κ2) is 8.48. The molecule has 2 N–H and O–H groups in total. The number of aromatic nitrogens is 3. The van der Waals surface area contributed by atoms with Gasteiger partial charge in [-0.1, -0.05) is 30.3 Å². The number of H-pyrrole nitrogens is 1. The van der Waals surface area contributed by atoms with Gasteiger partial charge in [0.05, 0.1) is 11.8 Å². The first-order chi connectivity index (χ1) is 13.7. The summed E-state index contributed by atoms with van der Waals surface area (Å²) in [5.74, 6) is 0.582. The van der Waals surface area contributed by atoms with Crippen molar-refractivity contribution < 1.29 is 9.90 Å². The van der Waals surface area contributed by atoms with Gasteiger partial charge in [-0.05, 0) is 67.3 Å². The first-order valence-electron chi connectivity index (χ1n) is 9.94. The predicted molar refractivity (Wildman–Crippen MR) is 108 cm³/mol. The van der Waals surface area contributed by atoms with Gasteiger partial charge in [-0.2, -0.15) is 5.10 Å². The normalized spacial score (nSPS) is 14.8. The third-order valence-corrected chi connectivity index (χ3v) is 5.55. The first-order valence-corrected chi connectivity index (χ1v) is 9.94. The number of Topliss-reactive ketones (excluding diaryl/α,β-unsaturated/α-hetero) is 1. The van der Waals surface area contributed by atoms with Gasteiger partial charge >= 0.3 is 0 Å². The van der Waals surface area contributed by atoms with Crippen LogP contribution in [-0.2, 0) is 12.8 Å². The minimum absolute atomic E-state index is 0.0259. The highest BCUT2D eigenvalue weighted by molar-refractivity contribution is 5.95. The molecule has 1 aliphatic carbocycles. The number of nitrogens with one attached hydrogen (secondary N) is 1. The molecule has 0 saturated carbocycles. The van der Waals surface area contributed by atoms with E-state index in [1.807, 2.05) is 18.2 Å². The molecule has 0 saturated heterocycles. The summed E-state index contributed by atoms with van der Waals surface area (Å²) < 4.78 is 0. The number of hydrogen-bond donors (Lipinski definition) is 2. The molecule has 2 heterocycles. The molecule has 0 aliphatic heterocycles. The van der Waals surface area contributed by atoms with E-state index in [4.69, 9.17) is 0 Å². The van der Waals surface area contributed by atoms with Crippen molar-refractivity contribution >= 4 is 5.78 Å². The standard InChI is InChI=1S/C23H25N3O2/c27-19(9-8-16-13-17-5-1-2-6-18(17)14-16)10-11-23(28)22-15-21(25-26-22)20-7-3-4-12-24-20/h1-7,12,15-16,19,27H,8-11,13-14H2,(H,25,26). The van der Waals surface area contributed by atoms with Crippen LogP contribution < -0.4 is 0 Å². The molecule has 0 spiro atoms. The van der Waals surface area contributed by atoms with Crippen LogP contribution in [0, 0.1) is 5.92 Å². The minimum Gasteiger partial charge on any atom is -0.393 e. The lowest BCUT2D eigenvalue weighted by atomic mass is 9.96. The third kappa shape index (κ3) is 4.37. The van der Waals surface area contributed by atoms with E-state index < -0.39 is 6.10 Å². The van der Waals surface area contributed by atoms with Gasteiger partial charge in [0, 0.05) is 12.6 Å². The zero-order chi connectivity index (χ0) is 19.3. The lowest BCUT2D eigenvalue weighted by Gasteiger charge is -2.13. The quantitative estimate of drug-likeness (QED) is 0.584. The number of ketones is 1.